The van der Waals surface area contributed by atoms with E-state index in [2.05, 4.69) is 10.1 Å². The summed E-state index contributed by atoms with van der Waals surface area (Å²) >= 11 is 0. The van der Waals surface area contributed by atoms with Crippen LogP contribution in [-0.2, 0) is 14.8 Å². The van der Waals surface area contributed by atoms with Crippen molar-refractivity contribution >= 4 is 27.7 Å². The first-order valence-electron chi connectivity index (χ1n) is 4.79. The zero-order valence-corrected chi connectivity index (χ0v) is 10.6. The number of benzene rings is 1. The molecule has 0 saturated carbocycles. The average Bonchev–Trinajstić information content (AvgIpc) is 2.27. The van der Waals surface area contributed by atoms with Crippen LogP contribution in [0.2, 0.25) is 0 Å². The quantitative estimate of drug-likeness (QED) is 0.836. The Balaban J connectivity index is 2.88. The third-order valence-corrected chi connectivity index (χ3v) is 2.39. The molecule has 0 heterocycles. The van der Waals surface area contributed by atoms with Crippen molar-refractivity contribution in [2.75, 3.05) is 18.7 Å². The first kappa shape index (κ1) is 14.0. The Morgan fingerprint density at radius 1 is 1.28 bits per heavy atom. The molecule has 0 aliphatic heterocycles. The number of amides is 2. The maximum absolute atomic E-state index is 11.5. The topological polar surface area (TPSA) is 102 Å². The standard InChI is InChI=1S/C10H12N2O5S/c1-17-10(14)11-8-5-3-4-7(6-8)9(13)12-18(2,15)16/h3-6H,1-2H3,(H,11,14)(H,12,13). The second-order valence-corrected chi connectivity index (χ2v) is 5.15. The molecule has 1 aromatic carbocycles. The lowest BCUT2D eigenvalue weighted by atomic mass is 10.2. The number of sulfonamides is 1. The van der Waals surface area contributed by atoms with E-state index < -0.39 is 22.0 Å². The minimum absolute atomic E-state index is 0.106. The normalized spacial score (nSPS) is 10.6. The third kappa shape index (κ3) is 4.42. The molecule has 0 bridgehead atoms. The highest BCUT2D eigenvalue weighted by molar-refractivity contribution is 7.89. The number of carbonyl (C=O) groups is 2. The Labute approximate surface area is 104 Å². The molecule has 98 valence electrons. The first-order chi connectivity index (χ1) is 8.31. The van der Waals surface area contributed by atoms with Crippen LogP contribution in [0.1, 0.15) is 10.4 Å². The smallest absolute Gasteiger partial charge is 0.411 e. The number of hydrogen-bond acceptors (Lipinski definition) is 5. The largest absolute Gasteiger partial charge is 0.453 e. The zero-order chi connectivity index (χ0) is 13.8. The van der Waals surface area contributed by atoms with Crippen LogP contribution in [0.15, 0.2) is 24.3 Å². The van der Waals surface area contributed by atoms with Crippen LogP contribution in [0, 0.1) is 0 Å². The summed E-state index contributed by atoms with van der Waals surface area (Å²) in [6.45, 7) is 0. The summed E-state index contributed by atoms with van der Waals surface area (Å²) in [5.74, 6) is -0.772. The van der Waals surface area contributed by atoms with Crippen LogP contribution in [-0.4, -0.2) is 33.8 Å². The van der Waals surface area contributed by atoms with Gasteiger partial charge in [0.2, 0.25) is 10.0 Å². The monoisotopic (exact) mass is 272 g/mol. The van der Waals surface area contributed by atoms with Gasteiger partial charge in [-0.15, -0.1) is 0 Å². The Morgan fingerprint density at radius 2 is 1.94 bits per heavy atom. The van der Waals surface area contributed by atoms with Crippen molar-refractivity contribution in [2.45, 2.75) is 0 Å². The first-order valence-corrected chi connectivity index (χ1v) is 6.68. The highest BCUT2D eigenvalue weighted by Gasteiger charge is 2.11. The number of nitrogens with one attached hydrogen (secondary N) is 2. The van der Waals surface area contributed by atoms with Gasteiger partial charge in [0.05, 0.1) is 13.4 Å². The maximum Gasteiger partial charge on any atom is 0.411 e. The van der Waals surface area contributed by atoms with E-state index in [1.165, 1.54) is 31.4 Å². The minimum atomic E-state index is -3.62. The molecule has 2 N–H and O–H groups in total. The summed E-state index contributed by atoms with van der Waals surface area (Å²) in [5, 5.41) is 2.36. The summed E-state index contributed by atoms with van der Waals surface area (Å²) in [7, 11) is -2.42. The lowest BCUT2D eigenvalue weighted by Gasteiger charge is -2.06. The molecule has 0 radical (unpaired) electrons. The predicted molar refractivity (Wildman–Crippen MR) is 64.8 cm³/mol. The lowest BCUT2D eigenvalue weighted by Crippen LogP contribution is -2.29. The summed E-state index contributed by atoms with van der Waals surface area (Å²) < 4.78 is 28.0. The molecule has 1 rings (SSSR count). The molecule has 0 aromatic heterocycles. The van der Waals surface area contributed by atoms with Gasteiger partial charge < -0.3 is 4.74 Å². The van der Waals surface area contributed by atoms with Gasteiger partial charge in [0.15, 0.2) is 0 Å². The number of anilines is 1. The van der Waals surface area contributed by atoms with Crippen LogP contribution >= 0.6 is 0 Å². The molecule has 0 spiro atoms. The van der Waals surface area contributed by atoms with E-state index in [1.807, 2.05) is 4.72 Å². The second-order valence-electron chi connectivity index (χ2n) is 3.40. The van der Waals surface area contributed by atoms with Gasteiger partial charge in [-0.3, -0.25) is 10.1 Å². The van der Waals surface area contributed by atoms with Gasteiger partial charge in [0.25, 0.3) is 5.91 Å². The molecule has 0 atom stereocenters. The summed E-state index contributed by atoms with van der Waals surface area (Å²) in [4.78, 5) is 22.5. The van der Waals surface area contributed by atoms with Gasteiger partial charge in [-0.25, -0.2) is 17.9 Å². The van der Waals surface area contributed by atoms with Crippen molar-refractivity contribution in [3.05, 3.63) is 29.8 Å². The average molecular weight is 272 g/mol. The maximum atomic E-state index is 11.5. The molecular weight excluding hydrogens is 260 g/mol. The number of carbonyl (C=O) groups excluding carboxylic acids is 2. The van der Waals surface area contributed by atoms with Crippen LogP contribution in [0.3, 0.4) is 0 Å². The number of ether oxygens (including phenoxy) is 1. The molecule has 0 unspecified atom stereocenters. The van der Waals surface area contributed by atoms with Crippen molar-refractivity contribution in [3.63, 3.8) is 0 Å². The SMILES string of the molecule is COC(=O)Nc1cccc(C(=O)NS(C)(=O)=O)c1. The van der Waals surface area contributed by atoms with E-state index in [0.717, 1.165) is 6.26 Å². The molecule has 7 nitrogen and oxygen atoms in total. The fraction of sp³-hybridized carbons (Fsp3) is 0.200. The fourth-order valence-electron chi connectivity index (χ4n) is 1.13. The Kier molecular flexibility index (Phi) is 4.27. The lowest BCUT2D eigenvalue weighted by molar-refractivity contribution is 0.0981. The second kappa shape index (κ2) is 5.50. The van der Waals surface area contributed by atoms with Crippen LogP contribution in [0.5, 0.6) is 0 Å². The number of hydrogen-bond donors (Lipinski definition) is 2. The number of methoxy groups -OCH3 is 1. The molecule has 1 aromatic rings. The highest BCUT2D eigenvalue weighted by atomic mass is 32.2. The Morgan fingerprint density at radius 3 is 2.50 bits per heavy atom. The molecule has 2 amide bonds. The van der Waals surface area contributed by atoms with Gasteiger partial charge in [0.1, 0.15) is 0 Å². The summed E-state index contributed by atoms with van der Waals surface area (Å²) in [6.07, 6.45) is 0.192. The van der Waals surface area contributed by atoms with E-state index in [4.69, 9.17) is 0 Å². The third-order valence-electron chi connectivity index (χ3n) is 1.83. The molecule has 18 heavy (non-hydrogen) atoms. The van der Waals surface area contributed by atoms with Crippen LogP contribution < -0.4 is 10.0 Å². The summed E-state index contributed by atoms with van der Waals surface area (Å²) in [6, 6.07) is 5.79. The zero-order valence-electron chi connectivity index (χ0n) is 9.76. The van der Waals surface area contributed by atoms with E-state index in [9.17, 15) is 18.0 Å². The Hall–Kier alpha value is -2.09. The molecule has 0 aliphatic carbocycles. The van der Waals surface area contributed by atoms with Crippen molar-refractivity contribution in [1.29, 1.82) is 0 Å². The van der Waals surface area contributed by atoms with Crippen LogP contribution in [0.4, 0.5) is 10.5 Å². The van der Waals surface area contributed by atoms with Crippen molar-refractivity contribution in [1.82, 2.24) is 4.72 Å². The molecule has 8 heteroatoms. The van der Waals surface area contributed by atoms with E-state index >= 15 is 0 Å². The molecule has 0 saturated heterocycles. The van der Waals surface area contributed by atoms with Crippen molar-refractivity contribution < 1.29 is 22.7 Å². The minimum Gasteiger partial charge on any atom is -0.453 e. The predicted octanol–water partition coefficient (Wildman–Crippen LogP) is 0.554. The van der Waals surface area contributed by atoms with E-state index in [-0.39, 0.29) is 5.56 Å². The van der Waals surface area contributed by atoms with Crippen LogP contribution in [0.25, 0.3) is 0 Å². The fourth-order valence-corrected chi connectivity index (χ4v) is 1.59. The highest BCUT2D eigenvalue weighted by Crippen LogP contribution is 2.11. The van der Waals surface area contributed by atoms with E-state index in [1.54, 1.807) is 0 Å². The molecular formula is C10H12N2O5S. The van der Waals surface area contributed by atoms with Gasteiger partial charge >= 0.3 is 6.09 Å². The van der Waals surface area contributed by atoms with Gasteiger partial charge in [-0.1, -0.05) is 6.07 Å². The number of rotatable bonds is 3. The van der Waals surface area contributed by atoms with Crippen molar-refractivity contribution in [2.24, 2.45) is 0 Å². The van der Waals surface area contributed by atoms with Gasteiger partial charge in [-0.05, 0) is 18.2 Å². The molecule has 0 fully saturated rings. The summed E-state index contributed by atoms with van der Waals surface area (Å²) in [5.41, 5.74) is 0.428. The van der Waals surface area contributed by atoms with E-state index in [0.29, 0.717) is 5.69 Å². The Bertz CT molecular complexity index is 567. The molecule has 0 aliphatic rings. The van der Waals surface area contributed by atoms with Crippen molar-refractivity contribution in [3.8, 4) is 0 Å². The van der Waals surface area contributed by atoms with Gasteiger partial charge in [-0.2, -0.15) is 0 Å². The van der Waals surface area contributed by atoms with Gasteiger partial charge in [0, 0.05) is 11.3 Å².